The Hall–Kier alpha value is -2.01. The third-order valence-corrected chi connectivity index (χ3v) is 2.86. The van der Waals surface area contributed by atoms with Gasteiger partial charge < -0.3 is 4.74 Å². The van der Waals surface area contributed by atoms with E-state index in [9.17, 15) is 9.59 Å². The van der Waals surface area contributed by atoms with Crippen molar-refractivity contribution in [2.45, 2.75) is 13.5 Å². The maximum Gasteiger partial charge on any atom is 0.328 e. The predicted molar refractivity (Wildman–Crippen MR) is 73.0 cm³/mol. The molecule has 19 heavy (non-hydrogen) atoms. The Bertz CT molecular complexity index is 674. The van der Waals surface area contributed by atoms with Crippen molar-refractivity contribution in [1.29, 1.82) is 0 Å². The molecule has 1 aromatic heterocycles. The summed E-state index contributed by atoms with van der Waals surface area (Å²) in [6.45, 7) is 2.33. The van der Waals surface area contributed by atoms with Gasteiger partial charge in [-0.2, -0.15) is 0 Å². The highest BCUT2D eigenvalue weighted by Crippen LogP contribution is 2.15. The number of ether oxygens (including phenoxy) is 1. The van der Waals surface area contributed by atoms with E-state index in [-0.39, 0.29) is 5.56 Å². The van der Waals surface area contributed by atoms with E-state index in [4.69, 9.17) is 16.3 Å². The second-order valence-corrected chi connectivity index (χ2v) is 4.50. The highest BCUT2D eigenvalue weighted by Gasteiger charge is 2.01. The molecular weight excluding hydrogens is 268 g/mol. The molecule has 1 N–H and O–H groups in total. The van der Waals surface area contributed by atoms with Crippen LogP contribution in [0.5, 0.6) is 5.75 Å². The van der Waals surface area contributed by atoms with E-state index in [1.165, 1.54) is 10.8 Å². The first-order chi connectivity index (χ1) is 9.06. The van der Waals surface area contributed by atoms with Gasteiger partial charge in [-0.25, -0.2) is 4.79 Å². The molecule has 0 bridgehead atoms. The van der Waals surface area contributed by atoms with Gasteiger partial charge in [-0.3, -0.25) is 14.3 Å². The first-order valence-corrected chi connectivity index (χ1v) is 6.13. The van der Waals surface area contributed by atoms with Crippen LogP contribution in [0, 0.1) is 6.92 Å². The molecule has 0 aliphatic heterocycles. The van der Waals surface area contributed by atoms with Gasteiger partial charge in [0.15, 0.2) is 0 Å². The standard InChI is InChI=1S/C13H13ClN2O3/c1-9-8-16(13(18)15-12(9)17)6-7-19-11-4-2-10(14)3-5-11/h2-5,8H,6-7H2,1H3,(H,15,17,18). The molecule has 0 saturated heterocycles. The minimum atomic E-state index is -0.435. The molecule has 0 fully saturated rings. The van der Waals surface area contributed by atoms with Crippen molar-refractivity contribution in [1.82, 2.24) is 9.55 Å². The summed E-state index contributed by atoms with van der Waals surface area (Å²) < 4.78 is 6.89. The molecule has 0 unspecified atom stereocenters. The Kier molecular flexibility index (Phi) is 4.06. The lowest BCUT2D eigenvalue weighted by molar-refractivity contribution is 0.295. The summed E-state index contributed by atoms with van der Waals surface area (Å²) in [6, 6.07) is 6.97. The van der Waals surface area contributed by atoms with Crippen LogP contribution >= 0.6 is 11.6 Å². The first-order valence-electron chi connectivity index (χ1n) is 5.75. The van der Waals surface area contributed by atoms with Crippen LogP contribution in [0.25, 0.3) is 0 Å². The van der Waals surface area contributed by atoms with Gasteiger partial charge in [-0.15, -0.1) is 0 Å². The number of hydrogen-bond acceptors (Lipinski definition) is 3. The summed E-state index contributed by atoms with van der Waals surface area (Å²) in [5.74, 6) is 0.679. The number of hydrogen-bond donors (Lipinski definition) is 1. The molecule has 0 aliphatic carbocycles. The van der Waals surface area contributed by atoms with Crippen molar-refractivity contribution >= 4 is 11.6 Å². The van der Waals surface area contributed by atoms with Crippen LogP contribution < -0.4 is 16.0 Å². The molecule has 2 aromatic rings. The maximum absolute atomic E-state index is 11.5. The Balaban J connectivity index is 2.00. The summed E-state index contributed by atoms with van der Waals surface area (Å²) in [6.07, 6.45) is 1.52. The van der Waals surface area contributed by atoms with Crippen molar-refractivity contribution in [2.24, 2.45) is 0 Å². The lowest BCUT2D eigenvalue weighted by Gasteiger charge is -2.08. The van der Waals surface area contributed by atoms with Gasteiger partial charge >= 0.3 is 5.69 Å². The van der Waals surface area contributed by atoms with Crippen molar-refractivity contribution in [3.63, 3.8) is 0 Å². The van der Waals surface area contributed by atoms with E-state index in [0.717, 1.165) is 0 Å². The van der Waals surface area contributed by atoms with Crippen LogP contribution in [0.2, 0.25) is 5.02 Å². The maximum atomic E-state index is 11.5. The largest absolute Gasteiger partial charge is 0.492 e. The molecule has 1 heterocycles. The number of aromatic amines is 1. The summed E-state index contributed by atoms with van der Waals surface area (Å²) in [5.41, 5.74) is -0.304. The number of nitrogens with zero attached hydrogens (tertiary/aromatic N) is 1. The molecule has 6 heteroatoms. The molecule has 0 saturated carbocycles. The molecule has 0 aliphatic rings. The summed E-state index contributed by atoms with van der Waals surface area (Å²) in [7, 11) is 0. The van der Waals surface area contributed by atoms with E-state index in [1.807, 2.05) is 0 Å². The van der Waals surface area contributed by atoms with E-state index in [2.05, 4.69) is 4.98 Å². The van der Waals surface area contributed by atoms with Gasteiger partial charge in [0.25, 0.3) is 5.56 Å². The average molecular weight is 281 g/mol. The predicted octanol–water partition coefficient (Wildman–Crippen LogP) is 1.58. The topological polar surface area (TPSA) is 64.1 Å². The lowest BCUT2D eigenvalue weighted by atomic mass is 10.3. The van der Waals surface area contributed by atoms with Gasteiger partial charge in [0, 0.05) is 16.8 Å². The minimum Gasteiger partial charge on any atom is -0.492 e. The first kappa shape index (κ1) is 13.4. The van der Waals surface area contributed by atoms with Gasteiger partial charge in [0.2, 0.25) is 0 Å². The minimum absolute atomic E-state index is 0.326. The van der Waals surface area contributed by atoms with Crippen LogP contribution in [0.1, 0.15) is 5.56 Å². The molecule has 0 atom stereocenters. The molecule has 5 nitrogen and oxygen atoms in total. The molecule has 1 aromatic carbocycles. The third kappa shape index (κ3) is 3.48. The van der Waals surface area contributed by atoms with E-state index in [1.54, 1.807) is 31.2 Å². The second-order valence-electron chi connectivity index (χ2n) is 4.07. The van der Waals surface area contributed by atoms with Crippen molar-refractivity contribution in [2.75, 3.05) is 6.61 Å². The van der Waals surface area contributed by atoms with E-state index >= 15 is 0 Å². The van der Waals surface area contributed by atoms with Crippen LogP contribution in [0.15, 0.2) is 40.1 Å². The lowest BCUT2D eigenvalue weighted by Crippen LogP contribution is -2.32. The fourth-order valence-corrected chi connectivity index (χ4v) is 1.70. The quantitative estimate of drug-likeness (QED) is 0.925. The summed E-state index contributed by atoms with van der Waals surface area (Å²) >= 11 is 5.76. The van der Waals surface area contributed by atoms with Crippen molar-refractivity contribution < 1.29 is 4.74 Å². The highest BCUT2D eigenvalue weighted by atomic mass is 35.5. The normalized spacial score (nSPS) is 10.4. The zero-order chi connectivity index (χ0) is 13.8. The van der Waals surface area contributed by atoms with Crippen LogP contribution in [0.4, 0.5) is 0 Å². The number of benzene rings is 1. The Morgan fingerprint density at radius 1 is 1.26 bits per heavy atom. The van der Waals surface area contributed by atoms with Crippen molar-refractivity contribution in [3.8, 4) is 5.75 Å². The average Bonchev–Trinajstić information content (AvgIpc) is 2.38. The van der Waals surface area contributed by atoms with Gasteiger partial charge in [-0.05, 0) is 31.2 Å². The number of aromatic nitrogens is 2. The van der Waals surface area contributed by atoms with E-state index < -0.39 is 5.69 Å². The Labute approximate surface area is 114 Å². The molecule has 0 amide bonds. The van der Waals surface area contributed by atoms with Gasteiger partial charge in [-0.1, -0.05) is 11.6 Å². The number of rotatable bonds is 4. The van der Waals surface area contributed by atoms with Crippen LogP contribution in [-0.4, -0.2) is 16.2 Å². The highest BCUT2D eigenvalue weighted by molar-refractivity contribution is 6.30. The monoisotopic (exact) mass is 280 g/mol. The molecule has 2 rings (SSSR count). The Morgan fingerprint density at radius 2 is 1.95 bits per heavy atom. The van der Waals surface area contributed by atoms with Crippen LogP contribution in [0.3, 0.4) is 0 Å². The zero-order valence-electron chi connectivity index (χ0n) is 10.4. The summed E-state index contributed by atoms with van der Waals surface area (Å²) in [5, 5.41) is 0.639. The van der Waals surface area contributed by atoms with Gasteiger partial charge in [0.1, 0.15) is 12.4 Å². The number of H-pyrrole nitrogens is 1. The Morgan fingerprint density at radius 3 is 2.63 bits per heavy atom. The van der Waals surface area contributed by atoms with Crippen LogP contribution in [-0.2, 0) is 6.54 Å². The fraction of sp³-hybridized carbons (Fsp3) is 0.231. The van der Waals surface area contributed by atoms with Gasteiger partial charge in [0.05, 0.1) is 6.54 Å². The van der Waals surface area contributed by atoms with Crippen molar-refractivity contribution in [3.05, 3.63) is 61.9 Å². The smallest absolute Gasteiger partial charge is 0.328 e. The molecule has 100 valence electrons. The number of aryl methyl sites for hydroxylation is 1. The third-order valence-electron chi connectivity index (χ3n) is 2.60. The van der Waals surface area contributed by atoms with E-state index in [0.29, 0.717) is 29.5 Å². The number of nitrogens with one attached hydrogen (secondary N) is 1. The summed E-state index contributed by atoms with van der Waals surface area (Å²) in [4.78, 5) is 25.0. The second kappa shape index (κ2) is 5.75. The fourth-order valence-electron chi connectivity index (χ4n) is 1.58. The molecule has 0 spiro atoms. The molecule has 0 radical (unpaired) electrons. The number of halogens is 1. The molecular formula is C13H13ClN2O3. The zero-order valence-corrected chi connectivity index (χ0v) is 11.1. The SMILES string of the molecule is Cc1cn(CCOc2ccc(Cl)cc2)c(=O)[nH]c1=O.